The van der Waals surface area contributed by atoms with Gasteiger partial charge in [-0.25, -0.2) is 9.37 Å². The van der Waals surface area contributed by atoms with Crippen LogP contribution in [0.1, 0.15) is 35.9 Å². The summed E-state index contributed by atoms with van der Waals surface area (Å²) < 4.78 is 18.4. The van der Waals surface area contributed by atoms with E-state index >= 15 is 0 Å². The Morgan fingerprint density at radius 1 is 1.29 bits per heavy atom. The van der Waals surface area contributed by atoms with Gasteiger partial charge in [0.25, 0.3) is 0 Å². The minimum absolute atomic E-state index is 0.0279. The number of rotatable bonds is 3. The highest BCUT2D eigenvalue weighted by atomic mass is 32.1. The summed E-state index contributed by atoms with van der Waals surface area (Å²) in [7, 11) is 0. The third-order valence-electron chi connectivity index (χ3n) is 4.66. The molecule has 6 heteroatoms. The molecule has 1 aromatic carbocycles. The molecule has 0 bridgehead atoms. The van der Waals surface area contributed by atoms with E-state index in [1.54, 1.807) is 23.5 Å². The molecule has 4 nitrogen and oxygen atoms in total. The number of hydrogen-bond donors (Lipinski definition) is 1. The maximum Gasteiger partial charge on any atom is 0.226 e. The third kappa shape index (κ3) is 3.08. The molecule has 1 aliphatic heterocycles. The van der Waals surface area contributed by atoms with E-state index in [1.165, 1.54) is 12.1 Å². The lowest BCUT2D eigenvalue weighted by Crippen LogP contribution is -2.35. The quantitative estimate of drug-likeness (QED) is 0.926. The molecule has 0 unspecified atom stereocenters. The molecule has 24 heavy (non-hydrogen) atoms. The molecule has 4 rings (SSSR count). The van der Waals surface area contributed by atoms with Gasteiger partial charge in [-0.1, -0.05) is 0 Å². The summed E-state index contributed by atoms with van der Waals surface area (Å²) in [6, 6.07) is 6.45. The number of halogens is 1. The van der Waals surface area contributed by atoms with Gasteiger partial charge < -0.3 is 10.1 Å². The molecule has 2 aromatic rings. The topological polar surface area (TPSA) is 51.2 Å². The lowest BCUT2D eigenvalue weighted by atomic mass is 9.97. The molecule has 1 fully saturated rings. The minimum Gasteiger partial charge on any atom is -0.381 e. The average Bonchev–Trinajstić information content (AvgIpc) is 3.25. The van der Waals surface area contributed by atoms with Crippen molar-refractivity contribution in [1.82, 2.24) is 10.3 Å². The van der Waals surface area contributed by atoms with E-state index in [-0.39, 0.29) is 23.7 Å². The predicted octanol–water partition coefficient (Wildman–Crippen LogP) is 3.48. The maximum absolute atomic E-state index is 13.1. The first-order chi connectivity index (χ1) is 11.7. The Hall–Kier alpha value is -1.79. The maximum atomic E-state index is 13.1. The number of hydrogen-bond acceptors (Lipinski definition) is 4. The van der Waals surface area contributed by atoms with Gasteiger partial charge in [0.1, 0.15) is 10.8 Å². The van der Waals surface area contributed by atoms with E-state index in [1.807, 2.05) is 0 Å². The summed E-state index contributed by atoms with van der Waals surface area (Å²) in [5, 5.41) is 4.08. The fraction of sp³-hybridized carbons (Fsp3) is 0.444. The van der Waals surface area contributed by atoms with Gasteiger partial charge in [0, 0.05) is 12.2 Å². The molecule has 1 N–H and O–H groups in total. The largest absolute Gasteiger partial charge is 0.381 e. The normalized spacial score (nSPS) is 23.0. The lowest BCUT2D eigenvalue weighted by molar-refractivity contribution is -0.125. The number of amides is 1. The van der Waals surface area contributed by atoms with Crippen LogP contribution in [0.5, 0.6) is 0 Å². The summed E-state index contributed by atoms with van der Waals surface area (Å²) in [6.07, 6.45) is 3.70. The number of carbonyl (C=O) groups excluding carboxylic acids is 1. The number of fused-ring (bicyclic) bond motifs is 1. The SMILES string of the molecule is O=C(N[C@H]1CCCc2nc(-c3ccc(F)cc3)sc21)[C@@H]1CCOC1. The predicted molar refractivity (Wildman–Crippen MR) is 90.3 cm³/mol. The first-order valence-electron chi connectivity index (χ1n) is 8.34. The van der Waals surface area contributed by atoms with Crippen molar-refractivity contribution < 1.29 is 13.9 Å². The summed E-state index contributed by atoms with van der Waals surface area (Å²) in [6.45, 7) is 1.19. The third-order valence-corrected chi connectivity index (χ3v) is 5.92. The fourth-order valence-electron chi connectivity index (χ4n) is 3.30. The van der Waals surface area contributed by atoms with Crippen LogP contribution in [-0.4, -0.2) is 24.1 Å². The average molecular weight is 346 g/mol. The van der Waals surface area contributed by atoms with Crippen LogP contribution in [0.2, 0.25) is 0 Å². The van der Waals surface area contributed by atoms with E-state index < -0.39 is 0 Å². The van der Waals surface area contributed by atoms with Gasteiger partial charge >= 0.3 is 0 Å². The molecular formula is C18H19FN2O2S. The van der Waals surface area contributed by atoms with Crippen molar-refractivity contribution in [2.45, 2.75) is 31.7 Å². The number of nitrogens with zero attached hydrogens (tertiary/aromatic N) is 1. The van der Waals surface area contributed by atoms with Crippen molar-refractivity contribution in [3.05, 3.63) is 40.7 Å². The number of carbonyl (C=O) groups is 1. The van der Waals surface area contributed by atoms with Gasteiger partial charge in [-0.3, -0.25) is 4.79 Å². The summed E-state index contributed by atoms with van der Waals surface area (Å²) >= 11 is 1.61. The Labute approximate surface area is 144 Å². The Bertz CT molecular complexity index is 738. The van der Waals surface area contributed by atoms with Crippen LogP contribution in [-0.2, 0) is 16.0 Å². The van der Waals surface area contributed by atoms with Crippen molar-refractivity contribution in [1.29, 1.82) is 0 Å². The first-order valence-corrected chi connectivity index (χ1v) is 9.16. The van der Waals surface area contributed by atoms with Crippen LogP contribution in [0.25, 0.3) is 10.6 Å². The van der Waals surface area contributed by atoms with E-state index in [0.717, 1.165) is 46.8 Å². The molecule has 1 aliphatic carbocycles. The Kier molecular flexibility index (Phi) is 4.33. The van der Waals surface area contributed by atoms with E-state index in [4.69, 9.17) is 9.72 Å². The van der Waals surface area contributed by atoms with Crippen molar-refractivity contribution in [3.63, 3.8) is 0 Å². The number of nitrogens with one attached hydrogen (secondary N) is 1. The second-order valence-corrected chi connectivity index (χ2v) is 7.38. The van der Waals surface area contributed by atoms with E-state index in [0.29, 0.717) is 13.2 Å². The van der Waals surface area contributed by atoms with E-state index in [2.05, 4.69) is 5.32 Å². The second kappa shape index (κ2) is 6.61. The van der Waals surface area contributed by atoms with Crippen LogP contribution in [0.15, 0.2) is 24.3 Å². The van der Waals surface area contributed by atoms with Gasteiger partial charge in [0.2, 0.25) is 5.91 Å². The fourth-order valence-corrected chi connectivity index (χ4v) is 4.51. The summed E-state index contributed by atoms with van der Waals surface area (Å²) in [4.78, 5) is 18.3. The van der Waals surface area contributed by atoms with Crippen LogP contribution < -0.4 is 5.32 Å². The lowest BCUT2D eigenvalue weighted by Gasteiger charge is -2.23. The van der Waals surface area contributed by atoms with Gasteiger partial charge in [-0.05, 0) is 49.9 Å². The highest BCUT2D eigenvalue weighted by Gasteiger charge is 2.30. The zero-order chi connectivity index (χ0) is 16.5. The molecule has 126 valence electrons. The van der Waals surface area contributed by atoms with Gasteiger partial charge in [-0.2, -0.15) is 0 Å². The molecule has 2 atom stereocenters. The van der Waals surface area contributed by atoms with Crippen molar-refractivity contribution >= 4 is 17.2 Å². The standard InChI is InChI=1S/C18H19FN2O2S/c19-13-6-4-11(5-7-13)18-21-15-3-1-2-14(16(15)24-18)20-17(22)12-8-9-23-10-12/h4-7,12,14H,1-3,8-10H2,(H,20,22)/t12-,14+/m1/s1. The van der Waals surface area contributed by atoms with Crippen molar-refractivity contribution in [2.24, 2.45) is 5.92 Å². The molecular weight excluding hydrogens is 327 g/mol. The highest BCUT2D eigenvalue weighted by molar-refractivity contribution is 7.15. The zero-order valence-electron chi connectivity index (χ0n) is 13.3. The highest BCUT2D eigenvalue weighted by Crippen LogP contribution is 2.38. The van der Waals surface area contributed by atoms with Crippen LogP contribution >= 0.6 is 11.3 Å². The number of aromatic nitrogens is 1. The van der Waals surface area contributed by atoms with Crippen molar-refractivity contribution in [3.8, 4) is 10.6 Å². The smallest absolute Gasteiger partial charge is 0.226 e. The Morgan fingerprint density at radius 2 is 2.12 bits per heavy atom. The van der Waals surface area contributed by atoms with Crippen LogP contribution in [0, 0.1) is 11.7 Å². The number of thiazole rings is 1. The molecule has 1 saturated heterocycles. The molecule has 0 saturated carbocycles. The van der Waals surface area contributed by atoms with Gasteiger partial charge in [0.05, 0.1) is 29.1 Å². The molecule has 0 radical (unpaired) electrons. The molecule has 1 aromatic heterocycles. The first kappa shape index (κ1) is 15.7. The minimum atomic E-state index is -0.246. The van der Waals surface area contributed by atoms with Crippen LogP contribution in [0.4, 0.5) is 4.39 Å². The number of ether oxygens (including phenoxy) is 1. The van der Waals surface area contributed by atoms with Gasteiger partial charge in [-0.15, -0.1) is 11.3 Å². The molecule has 2 aliphatic rings. The molecule has 0 spiro atoms. The second-order valence-electron chi connectivity index (χ2n) is 6.35. The molecule has 1 amide bonds. The Morgan fingerprint density at radius 3 is 2.88 bits per heavy atom. The number of aryl methyl sites for hydroxylation is 1. The molecule has 2 heterocycles. The Balaban J connectivity index is 1.56. The number of benzene rings is 1. The van der Waals surface area contributed by atoms with Crippen LogP contribution in [0.3, 0.4) is 0 Å². The summed E-state index contributed by atoms with van der Waals surface area (Å²) in [5.74, 6) is -0.189. The zero-order valence-corrected chi connectivity index (χ0v) is 14.1. The monoisotopic (exact) mass is 346 g/mol. The van der Waals surface area contributed by atoms with E-state index in [9.17, 15) is 9.18 Å². The summed E-state index contributed by atoms with van der Waals surface area (Å²) in [5.41, 5.74) is 1.99. The van der Waals surface area contributed by atoms with Gasteiger partial charge in [0.15, 0.2) is 0 Å². The van der Waals surface area contributed by atoms with Crippen molar-refractivity contribution in [2.75, 3.05) is 13.2 Å².